The molecule has 5 nitrogen and oxygen atoms in total. The van der Waals surface area contributed by atoms with Crippen molar-refractivity contribution in [3.05, 3.63) is 0 Å². The molecule has 2 fully saturated rings. The summed E-state index contributed by atoms with van der Waals surface area (Å²) in [6, 6.07) is -0.0254. The van der Waals surface area contributed by atoms with Crippen molar-refractivity contribution in [3.63, 3.8) is 0 Å². The van der Waals surface area contributed by atoms with E-state index in [0.717, 1.165) is 25.3 Å². The van der Waals surface area contributed by atoms with Crippen LogP contribution in [0.4, 0.5) is 4.79 Å². The van der Waals surface area contributed by atoms with Crippen LogP contribution in [0.15, 0.2) is 0 Å². The summed E-state index contributed by atoms with van der Waals surface area (Å²) in [4.78, 5) is 13.3. The van der Waals surface area contributed by atoms with Gasteiger partial charge in [0.15, 0.2) is 0 Å². The van der Waals surface area contributed by atoms with Gasteiger partial charge in [-0.25, -0.2) is 4.79 Å². The highest BCUT2D eigenvalue weighted by Gasteiger charge is 2.31. The SMILES string of the molecule is CC(C)C(O)CC1CC(NCC2CCCC2)CN(C(N)=O)C1. The van der Waals surface area contributed by atoms with Crippen LogP contribution in [0.2, 0.25) is 0 Å². The van der Waals surface area contributed by atoms with E-state index >= 15 is 0 Å². The molecule has 0 radical (unpaired) electrons. The zero-order valence-electron chi connectivity index (χ0n) is 14.1. The number of hydrogen-bond acceptors (Lipinski definition) is 3. The fraction of sp³-hybridized carbons (Fsp3) is 0.941. The molecule has 0 aromatic carbocycles. The Bertz CT molecular complexity index is 356. The quantitative estimate of drug-likeness (QED) is 0.701. The summed E-state index contributed by atoms with van der Waals surface area (Å²) in [6.07, 6.45) is 6.85. The van der Waals surface area contributed by atoms with Gasteiger partial charge in [0.05, 0.1) is 6.10 Å². The molecule has 3 atom stereocenters. The van der Waals surface area contributed by atoms with Crippen LogP contribution in [0.5, 0.6) is 0 Å². The summed E-state index contributed by atoms with van der Waals surface area (Å²) in [5.41, 5.74) is 5.50. The van der Waals surface area contributed by atoms with E-state index in [1.54, 1.807) is 4.90 Å². The minimum atomic E-state index is -0.337. The first kappa shape index (κ1) is 17.5. The van der Waals surface area contributed by atoms with Crippen LogP contribution in [-0.2, 0) is 0 Å². The molecule has 0 aromatic rings. The monoisotopic (exact) mass is 311 g/mol. The molecular formula is C17H33N3O2. The van der Waals surface area contributed by atoms with Gasteiger partial charge in [0, 0.05) is 19.1 Å². The third kappa shape index (κ3) is 5.13. The second kappa shape index (κ2) is 8.16. The zero-order chi connectivity index (χ0) is 16.1. The van der Waals surface area contributed by atoms with Crippen LogP contribution >= 0.6 is 0 Å². The molecule has 1 aliphatic carbocycles. The molecule has 2 aliphatic rings. The molecular weight excluding hydrogens is 278 g/mol. The van der Waals surface area contributed by atoms with Crippen LogP contribution in [0.3, 0.4) is 0 Å². The largest absolute Gasteiger partial charge is 0.393 e. The number of carbonyl (C=O) groups excluding carboxylic acids is 1. The highest BCUT2D eigenvalue weighted by Crippen LogP contribution is 2.26. The topological polar surface area (TPSA) is 78.6 Å². The number of likely N-dealkylation sites (tertiary alicyclic amines) is 1. The number of primary amides is 1. The maximum absolute atomic E-state index is 11.6. The van der Waals surface area contributed by atoms with E-state index in [4.69, 9.17) is 5.73 Å². The lowest BCUT2D eigenvalue weighted by atomic mass is 9.86. The second-order valence-corrected chi connectivity index (χ2v) is 7.65. The summed E-state index contributed by atoms with van der Waals surface area (Å²) in [7, 11) is 0. The molecule has 1 heterocycles. The lowest BCUT2D eigenvalue weighted by Gasteiger charge is -2.38. The second-order valence-electron chi connectivity index (χ2n) is 7.65. The van der Waals surface area contributed by atoms with Gasteiger partial charge in [-0.3, -0.25) is 0 Å². The number of nitrogens with one attached hydrogen (secondary N) is 1. The standard InChI is InChI=1S/C17H33N3O2/c1-12(2)16(21)8-14-7-15(11-20(10-14)17(18)22)19-9-13-5-3-4-6-13/h12-16,19,21H,3-11H2,1-2H3,(H2,18,22). The van der Waals surface area contributed by atoms with Crippen molar-refractivity contribution >= 4 is 6.03 Å². The number of amides is 2. The Morgan fingerprint density at radius 3 is 2.55 bits per heavy atom. The minimum Gasteiger partial charge on any atom is -0.393 e. The average molecular weight is 311 g/mol. The van der Waals surface area contributed by atoms with Crippen molar-refractivity contribution < 1.29 is 9.90 Å². The molecule has 5 heteroatoms. The van der Waals surface area contributed by atoms with Crippen LogP contribution < -0.4 is 11.1 Å². The van der Waals surface area contributed by atoms with Gasteiger partial charge in [-0.15, -0.1) is 0 Å². The molecule has 1 saturated heterocycles. The van der Waals surface area contributed by atoms with Crippen LogP contribution in [-0.4, -0.2) is 47.8 Å². The van der Waals surface area contributed by atoms with Crippen LogP contribution in [0.1, 0.15) is 52.4 Å². The number of nitrogens with two attached hydrogens (primary N) is 1. The van der Waals surface area contributed by atoms with Gasteiger partial charge in [0.2, 0.25) is 0 Å². The molecule has 128 valence electrons. The van der Waals surface area contributed by atoms with E-state index in [1.807, 2.05) is 13.8 Å². The van der Waals surface area contributed by atoms with E-state index in [0.29, 0.717) is 25.0 Å². The van der Waals surface area contributed by atoms with Gasteiger partial charge in [-0.2, -0.15) is 0 Å². The maximum Gasteiger partial charge on any atom is 0.314 e. The fourth-order valence-corrected chi connectivity index (χ4v) is 3.86. The lowest BCUT2D eigenvalue weighted by Crippen LogP contribution is -2.53. The van der Waals surface area contributed by atoms with Gasteiger partial charge < -0.3 is 21.1 Å². The number of urea groups is 1. The molecule has 0 bridgehead atoms. The van der Waals surface area contributed by atoms with Gasteiger partial charge in [-0.1, -0.05) is 26.7 Å². The van der Waals surface area contributed by atoms with Crippen molar-refractivity contribution in [2.75, 3.05) is 19.6 Å². The molecule has 0 aromatic heterocycles. The molecule has 22 heavy (non-hydrogen) atoms. The van der Waals surface area contributed by atoms with Crippen molar-refractivity contribution in [1.82, 2.24) is 10.2 Å². The fourth-order valence-electron chi connectivity index (χ4n) is 3.86. The number of rotatable bonds is 6. The first-order chi connectivity index (χ1) is 10.5. The third-order valence-electron chi connectivity index (χ3n) is 5.36. The smallest absolute Gasteiger partial charge is 0.314 e. The van der Waals surface area contributed by atoms with Gasteiger partial charge in [-0.05, 0) is 50.0 Å². The van der Waals surface area contributed by atoms with Gasteiger partial charge in [0.25, 0.3) is 0 Å². The lowest BCUT2D eigenvalue weighted by molar-refractivity contribution is 0.0699. The van der Waals surface area contributed by atoms with Gasteiger partial charge >= 0.3 is 6.03 Å². The van der Waals surface area contributed by atoms with Crippen molar-refractivity contribution in [1.29, 1.82) is 0 Å². The van der Waals surface area contributed by atoms with Gasteiger partial charge in [0.1, 0.15) is 0 Å². The number of aliphatic hydroxyl groups excluding tert-OH is 1. The molecule has 1 saturated carbocycles. The summed E-state index contributed by atoms with van der Waals surface area (Å²) >= 11 is 0. The zero-order valence-corrected chi connectivity index (χ0v) is 14.1. The predicted octanol–water partition coefficient (Wildman–Crippen LogP) is 1.94. The Morgan fingerprint density at radius 2 is 1.95 bits per heavy atom. The van der Waals surface area contributed by atoms with E-state index in [2.05, 4.69) is 5.32 Å². The summed E-state index contributed by atoms with van der Waals surface area (Å²) in [5, 5.41) is 13.8. The van der Waals surface area contributed by atoms with Crippen LogP contribution in [0.25, 0.3) is 0 Å². The Morgan fingerprint density at radius 1 is 1.27 bits per heavy atom. The summed E-state index contributed by atoms with van der Waals surface area (Å²) in [5.74, 6) is 1.39. The molecule has 2 amide bonds. The van der Waals surface area contributed by atoms with E-state index in [9.17, 15) is 9.90 Å². The molecule has 1 aliphatic heterocycles. The van der Waals surface area contributed by atoms with Crippen molar-refractivity contribution in [2.45, 2.75) is 64.5 Å². The third-order valence-corrected chi connectivity index (χ3v) is 5.36. The van der Waals surface area contributed by atoms with E-state index in [-0.39, 0.29) is 18.1 Å². The Kier molecular flexibility index (Phi) is 6.50. The Labute approximate surface area is 134 Å². The molecule has 0 spiro atoms. The van der Waals surface area contributed by atoms with Crippen LogP contribution in [0, 0.1) is 17.8 Å². The molecule has 3 unspecified atom stereocenters. The first-order valence-electron chi connectivity index (χ1n) is 8.91. The number of nitrogens with zero attached hydrogens (tertiary/aromatic N) is 1. The average Bonchev–Trinajstić information content (AvgIpc) is 2.98. The highest BCUT2D eigenvalue weighted by atomic mass is 16.3. The number of piperidine rings is 1. The molecule has 4 N–H and O–H groups in total. The highest BCUT2D eigenvalue weighted by molar-refractivity contribution is 5.72. The van der Waals surface area contributed by atoms with E-state index in [1.165, 1.54) is 25.7 Å². The Balaban J connectivity index is 1.86. The predicted molar refractivity (Wildman–Crippen MR) is 88.5 cm³/mol. The summed E-state index contributed by atoms with van der Waals surface area (Å²) in [6.45, 7) is 6.51. The normalized spacial score (nSPS) is 28.3. The minimum absolute atomic E-state index is 0.258. The number of carbonyl (C=O) groups is 1. The summed E-state index contributed by atoms with van der Waals surface area (Å²) < 4.78 is 0. The molecule has 2 rings (SSSR count). The van der Waals surface area contributed by atoms with E-state index < -0.39 is 0 Å². The first-order valence-corrected chi connectivity index (χ1v) is 8.91. The number of hydrogen-bond donors (Lipinski definition) is 3. The van der Waals surface area contributed by atoms with Crippen molar-refractivity contribution in [2.24, 2.45) is 23.5 Å². The maximum atomic E-state index is 11.6. The Hall–Kier alpha value is -0.810. The number of aliphatic hydroxyl groups is 1. The van der Waals surface area contributed by atoms with Crippen molar-refractivity contribution in [3.8, 4) is 0 Å².